The van der Waals surface area contributed by atoms with Crippen molar-refractivity contribution in [3.8, 4) is 17.1 Å². The molecule has 3 heterocycles. The van der Waals surface area contributed by atoms with E-state index in [1.54, 1.807) is 12.4 Å². The SMILES string of the molecule is Cc1nccn1-c1ccc(-c2cccc3cccnc23)nn1. The average molecular weight is 287 g/mol. The molecule has 0 spiro atoms. The number of fused-ring (bicyclic) bond motifs is 1. The molecule has 5 nitrogen and oxygen atoms in total. The fraction of sp³-hybridized carbons (Fsp3) is 0.0588. The number of nitrogens with zero attached hydrogens (tertiary/aromatic N) is 5. The fourth-order valence-corrected chi connectivity index (χ4v) is 2.53. The number of rotatable bonds is 2. The summed E-state index contributed by atoms with van der Waals surface area (Å²) >= 11 is 0. The summed E-state index contributed by atoms with van der Waals surface area (Å²) in [6, 6.07) is 14.0. The van der Waals surface area contributed by atoms with E-state index in [1.165, 1.54) is 0 Å². The maximum atomic E-state index is 4.46. The summed E-state index contributed by atoms with van der Waals surface area (Å²) in [7, 11) is 0. The molecule has 0 aliphatic heterocycles. The second-order valence-electron chi connectivity index (χ2n) is 5.00. The van der Waals surface area contributed by atoms with Gasteiger partial charge >= 0.3 is 0 Å². The molecule has 0 radical (unpaired) electrons. The van der Waals surface area contributed by atoms with Gasteiger partial charge in [0.05, 0.1) is 11.2 Å². The van der Waals surface area contributed by atoms with Crippen LogP contribution in [-0.4, -0.2) is 24.7 Å². The number of aromatic nitrogens is 5. The largest absolute Gasteiger partial charge is 0.287 e. The second kappa shape index (κ2) is 5.04. The number of imidazole rings is 1. The number of hydrogen-bond acceptors (Lipinski definition) is 4. The second-order valence-corrected chi connectivity index (χ2v) is 5.00. The van der Waals surface area contributed by atoms with Gasteiger partial charge in [-0.15, -0.1) is 10.2 Å². The van der Waals surface area contributed by atoms with Crippen LogP contribution in [0.4, 0.5) is 0 Å². The van der Waals surface area contributed by atoms with Gasteiger partial charge in [0, 0.05) is 29.5 Å². The Bertz CT molecular complexity index is 935. The zero-order chi connectivity index (χ0) is 14.9. The van der Waals surface area contributed by atoms with Crippen molar-refractivity contribution in [2.45, 2.75) is 6.92 Å². The topological polar surface area (TPSA) is 56.5 Å². The van der Waals surface area contributed by atoms with E-state index in [2.05, 4.69) is 20.2 Å². The van der Waals surface area contributed by atoms with Crippen LogP contribution in [0, 0.1) is 6.92 Å². The predicted molar refractivity (Wildman–Crippen MR) is 84.6 cm³/mol. The fourth-order valence-electron chi connectivity index (χ4n) is 2.53. The number of benzene rings is 1. The lowest BCUT2D eigenvalue weighted by molar-refractivity contribution is 0.882. The molecule has 0 N–H and O–H groups in total. The van der Waals surface area contributed by atoms with Crippen molar-refractivity contribution in [3.05, 3.63) is 66.9 Å². The summed E-state index contributed by atoms with van der Waals surface area (Å²) in [4.78, 5) is 8.66. The van der Waals surface area contributed by atoms with Gasteiger partial charge < -0.3 is 0 Å². The molecule has 22 heavy (non-hydrogen) atoms. The smallest absolute Gasteiger partial charge is 0.160 e. The zero-order valence-electron chi connectivity index (χ0n) is 12.0. The van der Waals surface area contributed by atoms with E-state index in [9.17, 15) is 0 Å². The molecule has 4 aromatic rings. The highest BCUT2D eigenvalue weighted by molar-refractivity contribution is 5.92. The van der Waals surface area contributed by atoms with Crippen LogP contribution in [0.15, 0.2) is 61.1 Å². The average Bonchev–Trinajstić information content (AvgIpc) is 3.01. The Kier molecular flexibility index (Phi) is 2.89. The third kappa shape index (κ3) is 2.03. The first kappa shape index (κ1) is 12.6. The molecule has 0 aliphatic carbocycles. The molecule has 0 fully saturated rings. The molecule has 0 amide bonds. The van der Waals surface area contributed by atoms with Crippen molar-refractivity contribution in [3.63, 3.8) is 0 Å². The van der Waals surface area contributed by atoms with Crippen molar-refractivity contribution >= 4 is 10.9 Å². The number of hydrogen-bond donors (Lipinski definition) is 0. The van der Waals surface area contributed by atoms with Gasteiger partial charge in [0.25, 0.3) is 0 Å². The van der Waals surface area contributed by atoms with Crippen LogP contribution in [0.5, 0.6) is 0 Å². The predicted octanol–water partition coefficient (Wildman–Crippen LogP) is 3.19. The first-order chi connectivity index (χ1) is 10.8. The lowest BCUT2D eigenvalue weighted by atomic mass is 10.1. The van der Waals surface area contributed by atoms with Gasteiger partial charge in [-0.1, -0.05) is 24.3 Å². The summed E-state index contributed by atoms with van der Waals surface area (Å²) in [5.41, 5.74) is 2.73. The van der Waals surface area contributed by atoms with Gasteiger partial charge in [-0.2, -0.15) is 0 Å². The quantitative estimate of drug-likeness (QED) is 0.568. The molecule has 0 aliphatic rings. The molecule has 0 bridgehead atoms. The molecule has 106 valence electrons. The Morgan fingerprint density at radius 1 is 0.864 bits per heavy atom. The van der Waals surface area contributed by atoms with Crippen LogP contribution in [0.2, 0.25) is 0 Å². The van der Waals surface area contributed by atoms with E-state index < -0.39 is 0 Å². The van der Waals surface area contributed by atoms with Crippen LogP contribution in [0.25, 0.3) is 28.0 Å². The molecular formula is C17H13N5. The van der Waals surface area contributed by atoms with Crippen LogP contribution in [0.1, 0.15) is 5.82 Å². The van der Waals surface area contributed by atoms with Crippen molar-refractivity contribution in [1.29, 1.82) is 0 Å². The maximum absolute atomic E-state index is 4.46. The summed E-state index contributed by atoms with van der Waals surface area (Å²) in [5, 5.41) is 9.76. The summed E-state index contributed by atoms with van der Waals surface area (Å²) in [6.45, 7) is 1.93. The molecule has 4 rings (SSSR count). The molecule has 0 unspecified atom stereocenters. The van der Waals surface area contributed by atoms with E-state index in [0.29, 0.717) is 0 Å². The van der Waals surface area contributed by atoms with Gasteiger partial charge in [0.15, 0.2) is 5.82 Å². The standard InChI is InChI=1S/C17H13N5/c1-12-18-10-11-22(12)16-8-7-15(20-21-16)14-6-2-4-13-5-3-9-19-17(13)14/h2-11H,1H3. The molecule has 1 aromatic carbocycles. The van der Waals surface area contributed by atoms with Gasteiger partial charge in [0.1, 0.15) is 5.82 Å². The number of pyridine rings is 1. The first-order valence-corrected chi connectivity index (χ1v) is 7.01. The van der Waals surface area contributed by atoms with Crippen molar-refractivity contribution in [2.24, 2.45) is 0 Å². The molecule has 5 heteroatoms. The minimum Gasteiger partial charge on any atom is -0.287 e. The Morgan fingerprint density at radius 3 is 2.55 bits per heavy atom. The van der Waals surface area contributed by atoms with E-state index in [-0.39, 0.29) is 0 Å². The van der Waals surface area contributed by atoms with Crippen LogP contribution >= 0.6 is 0 Å². The van der Waals surface area contributed by atoms with Crippen molar-refractivity contribution in [2.75, 3.05) is 0 Å². The molecule has 0 saturated heterocycles. The highest BCUT2D eigenvalue weighted by atomic mass is 15.2. The first-order valence-electron chi connectivity index (χ1n) is 7.01. The lowest BCUT2D eigenvalue weighted by Gasteiger charge is -2.06. The highest BCUT2D eigenvalue weighted by Crippen LogP contribution is 2.25. The van der Waals surface area contributed by atoms with Gasteiger partial charge in [-0.05, 0) is 25.1 Å². The number of aryl methyl sites for hydroxylation is 1. The van der Waals surface area contributed by atoms with Gasteiger partial charge in [0.2, 0.25) is 0 Å². The van der Waals surface area contributed by atoms with E-state index in [4.69, 9.17) is 0 Å². The van der Waals surface area contributed by atoms with E-state index in [0.717, 1.165) is 33.8 Å². The van der Waals surface area contributed by atoms with Crippen molar-refractivity contribution < 1.29 is 0 Å². The minimum atomic E-state index is 0.756. The molecule has 3 aromatic heterocycles. The summed E-state index contributed by atoms with van der Waals surface area (Å²) < 4.78 is 1.90. The Hall–Kier alpha value is -3.08. The summed E-state index contributed by atoms with van der Waals surface area (Å²) in [5.74, 6) is 1.64. The third-order valence-corrected chi connectivity index (χ3v) is 3.63. The zero-order valence-corrected chi connectivity index (χ0v) is 12.0. The lowest BCUT2D eigenvalue weighted by Crippen LogP contribution is -2.01. The number of para-hydroxylation sites is 1. The minimum absolute atomic E-state index is 0.756. The van der Waals surface area contributed by atoms with Crippen LogP contribution in [-0.2, 0) is 0 Å². The normalized spacial score (nSPS) is 11.0. The van der Waals surface area contributed by atoms with E-state index in [1.807, 2.05) is 60.2 Å². The molecular weight excluding hydrogens is 274 g/mol. The monoisotopic (exact) mass is 287 g/mol. The third-order valence-electron chi connectivity index (χ3n) is 3.63. The van der Waals surface area contributed by atoms with Crippen LogP contribution < -0.4 is 0 Å². The van der Waals surface area contributed by atoms with Gasteiger partial charge in [-0.3, -0.25) is 9.55 Å². The summed E-state index contributed by atoms with van der Waals surface area (Å²) in [6.07, 6.45) is 5.42. The Morgan fingerprint density at radius 2 is 1.77 bits per heavy atom. The Balaban J connectivity index is 1.81. The molecule has 0 saturated carbocycles. The Labute approximate surface area is 127 Å². The molecule has 0 atom stereocenters. The highest BCUT2D eigenvalue weighted by Gasteiger charge is 2.08. The van der Waals surface area contributed by atoms with Crippen LogP contribution in [0.3, 0.4) is 0 Å². The van der Waals surface area contributed by atoms with Gasteiger partial charge in [-0.25, -0.2) is 4.98 Å². The maximum Gasteiger partial charge on any atom is 0.160 e. The van der Waals surface area contributed by atoms with E-state index >= 15 is 0 Å². The van der Waals surface area contributed by atoms with Crippen molar-refractivity contribution in [1.82, 2.24) is 24.7 Å².